The van der Waals surface area contributed by atoms with Crippen molar-refractivity contribution in [1.29, 1.82) is 0 Å². The van der Waals surface area contributed by atoms with Crippen LogP contribution in [-0.2, 0) is 0 Å². The lowest BCUT2D eigenvalue weighted by atomic mass is 9.85. The van der Waals surface area contributed by atoms with E-state index in [1.807, 2.05) is 6.07 Å². The van der Waals surface area contributed by atoms with E-state index in [1.54, 1.807) is 0 Å². The van der Waals surface area contributed by atoms with E-state index in [2.05, 4.69) is 56.3 Å². The van der Waals surface area contributed by atoms with Crippen LogP contribution in [-0.4, -0.2) is 7.85 Å². The van der Waals surface area contributed by atoms with Gasteiger partial charge in [-0.1, -0.05) is 67.8 Å². The highest BCUT2D eigenvalue weighted by atomic mass is 14.2. The third-order valence-corrected chi connectivity index (χ3v) is 4.34. The SMILES string of the molecule is [B]c1ccc2c3c(cc(C(C)C)cc13)-c1ccccc1-2. The molecule has 0 unspecified atom stereocenters. The van der Waals surface area contributed by atoms with E-state index < -0.39 is 0 Å². The zero-order valence-electron chi connectivity index (χ0n) is 11.8. The molecule has 94 valence electrons. The van der Waals surface area contributed by atoms with Gasteiger partial charge in [0.1, 0.15) is 7.85 Å². The van der Waals surface area contributed by atoms with Crippen LogP contribution in [0.15, 0.2) is 48.5 Å². The summed E-state index contributed by atoms with van der Waals surface area (Å²) in [7, 11) is 6.23. The first-order valence-corrected chi connectivity index (χ1v) is 7.12. The molecule has 3 aromatic carbocycles. The van der Waals surface area contributed by atoms with Gasteiger partial charge in [-0.2, -0.15) is 0 Å². The highest BCUT2D eigenvalue weighted by Crippen LogP contribution is 2.47. The summed E-state index contributed by atoms with van der Waals surface area (Å²) >= 11 is 0. The fourth-order valence-corrected chi connectivity index (χ4v) is 3.25. The Morgan fingerprint density at radius 1 is 0.800 bits per heavy atom. The van der Waals surface area contributed by atoms with Crippen molar-refractivity contribution in [2.75, 3.05) is 0 Å². The Kier molecular flexibility index (Phi) is 2.35. The molecule has 0 atom stereocenters. The lowest BCUT2D eigenvalue weighted by molar-refractivity contribution is 0.869. The van der Waals surface area contributed by atoms with Gasteiger partial charge in [-0.3, -0.25) is 0 Å². The largest absolute Gasteiger partial charge is 0.114 e. The van der Waals surface area contributed by atoms with Gasteiger partial charge < -0.3 is 0 Å². The molecular formula is C19H15B. The molecule has 2 radical (unpaired) electrons. The number of hydrogen-bond donors (Lipinski definition) is 0. The summed E-state index contributed by atoms with van der Waals surface area (Å²) in [4.78, 5) is 0. The third-order valence-electron chi connectivity index (χ3n) is 4.34. The summed E-state index contributed by atoms with van der Waals surface area (Å²) in [5.74, 6) is 0.506. The molecule has 0 amide bonds. The molecule has 1 heteroatoms. The van der Waals surface area contributed by atoms with E-state index in [-0.39, 0.29) is 0 Å². The second-order valence-electron chi connectivity index (χ2n) is 5.89. The van der Waals surface area contributed by atoms with Gasteiger partial charge in [0.05, 0.1) is 0 Å². The highest BCUT2D eigenvalue weighted by Gasteiger charge is 2.22. The van der Waals surface area contributed by atoms with Crippen LogP contribution in [0.1, 0.15) is 25.3 Å². The van der Waals surface area contributed by atoms with Crippen LogP contribution in [0.4, 0.5) is 0 Å². The predicted molar refractivity (Wildman–Crippen MR) is 87.9 cm³/mol. The Morgan fingerprint density at radius 3 is 2.20 bits per heavy atom. The van der Waals surface area contributed by atoms with Crippen molar-refractivity contribution < 1.29 is 0 Å². The van der Waals surface area contributed by atoms with Crippen LogP contribution in [0.25, 0.3) is 33.0 Å². The molecule has 1 aliphatic carbocycles. The molecule has 0 saturated heterocycles. The fourth-order valence-electron chi connectivity index (χ4n) is 3.25. The Balaban J connectivity index is 2.21. The van der Waals surface area contributed by atoms with E-state index in [1.165, 1.54) is 38.6 Å². The van der Waals surface area contributed by atoms with Crippen molar-refractivity contribution in [1.82, 2.24) is 0 Å². The maximum absolute atomic E-state index is 6.23. The summed E-state index contributed by atoms with van der Waals surface area (Å²) in [6.07, 6.45) is 0. The first kappa shape index (κ1) is 11.8. The molecule has 0 N–H and O–H groups in total. The summed E-state index contributed by atoms with van der Waals surface area (Å²) < 4.78 is 0. The summed E-state index contributed by atoms with van der Waals surface area (Å²) in [5.41, 5.74) is 7.54. The van der Waals surface area contributed by atoms with Crippen molar-refractivity contribution in [3.8, 4) is 22.3 Å². The van der Waals surface area contributed by atoms with Crippen LogP contribution < -0.4 is 5.46 Å². The van der Waals surface area contributed by atoms with Gasteiger partial charge in [-0.15, -0.1) is 0 Å². The molecule has 1 aliphatic rings. The Labute approximate surface area is 120 Å². The number of fused-ring (bicyclic) bond motifs is 3. The van der Waals surface area contributed by atoms with E-state index in [9.17, 15) is 0 Å². The van der Waals surface area contributed by atoms with Crippen molar-refractivity contribution in [3.63, 3.8) is 0 Å². The van der Waals surface area contributed by atoms with E-state index in [0.717, 1.165) is 5.46 Å². The minimum Gasteiger partial charge on any atom is -0.0889 e. The van der Waals surface area contributed by atoms with Crippen LogP contribution in [0.3, 0.4) is 0 Å². The van der Waals surface area contributed by atoms with E-state index >= 15 is 0 Å². The average Bonchev–Trinajstić information content (AvgIpc) is 2.78. The van der Waals surface area contributed by atoms with Gasteiger partial charge in [0, 0.05) is 0 Å². The standard InChI is InChI=1S/C19H15B/c1-11(2)12-9-16-14-6-4-3-5-13(14)15-7-8-18(20)17(10-12)19(15)16/h3-11H,1-2H3. The van der Waals surface area contributed by atoms with Crippen LogP contribution >= 0.6 is 0 Å². The van der Waals surface area contributed by atoms with Crippen LogP contribution in [0.2, 0.25) is 0 Å². The van der Waals surface area contributed by atoms with Gasteiger partial charge in [-0.25, -0.2) is 0 Å². The second-order valence-corrected chi connectivity index (χ2v) is 5.89. The van der Waals surface area contributed by atoms with Crippen LogP contribution in [0, 0.1) is 0 Å². The molecule has 0 saturated carbocycles. The van der Waals surface area contributed by atoms with E-state index in [4.69, 9.17) is 7.85 Å². The molecule has 0 bridgehead atoms. The summed E-state index contributed by atoms with van der Waals surface area (Å²) in [5, 5.41) is 2.51. The molecule has 0 fully saturated rings. The molecule has 20 heavy (non-hydrogen) atoms. The lowest BCUT2D eigenvalue weighted by Gasteiger charge is -2.12. The van der Waals surface area contributed by atoms with E-state index in [0.29, 0.717) is 5.92 Å². The molecule has 0 spiro atoms. The molecular weight excluding hydrogens is 239 g/mol. The van der Waals surface area contributed by atoms with Crippen LogP contribution in [0.5, 0.6) is 0 Å². The highest BCUT2D eigenvalue weighted by molar-refractivity contribution is 6.40. The summed E-state index contributed by atoms with van der Waals surface area (Å²) in [6.45, 7) is 4.46. The number of benzene rings is 3. The quantitative estimate of drug-likeness (QED) is 0.441. The normalized spacial score (nSPS) is 12.2. The summed E-state index contributed by atoms with van der Waals surface area (Å²) in [6, 6.07) is 17.4. The van der Waals surface area contributed by atoms with Crippen molar-refractivity contribution in [3.05, 3.63) is 54.1 Å². The first-order valence-electron chi connectivity index (χ1n) is 7.12. The van der Waals surface area contributed by atoms with Crippen molar-refractivity contribution in [2.24, 2.45) is 0 Å². The molecule has 0 aliphatic heterocycles. The maximum Gasteiger partial charge on any atom is 0.114 e. The molecule has 4 rings (SSSR count). The minimum absolute atomic E-state index is 0.506. The number of rotatable bonds is 1. The third kappa shape index (κ3) is 1.44. The van der Waals surface area contributed by atoms with Gasteiger partial charge in [0.2, 0.25) is 0 Å². The number of hydrogen-bond acceptors (Lipinski definition) is 0. The first-order chi connectivity index (χ1) is 9.66. The van der Waals surface area contributed by atoms with Crippen molar-refractivity contribution >= 4 is 24.1 Å². The molecule has 0 heterocycles. The molecule has 0 aromatic heterocycles. The molecule has 0 nitrogen and oxygen atoms in total. The lowest BCUT2D eigenvalue weighted by Crippen LogP contribution is -2.04. The maximum atomic E-state index is 6.23. The molecule has 3 aromatic rings. The van der Waals surface area contributed by atoms with Gasteiger partial charge in [0.25, 0.3) is 0 Å². The minimum atomic E-state index is 0.506. The van der Waals surface area contributed by atoms with Gasteiger partial charge in [-0.05, 0) is 44.5 Å². The zero-order chi connectivity index (χ0) is 13.9. The Hall–Kier alpha value is -2.02. The smallest absolute Gasteiger partial charge is 0.0889 e. The second kappa shape index (κ2) is 3.99. The van der Waals surface area contributed by atoms with Gasteiger partial charge >= 0.3 is 0 Å². The van der Waals surface area contributed by atoms with Crippen molar-refractivity contribution in [2.45, 2.75) is 19.8 Å². The Bertz CT molecular complexity index is 844. The predicted octanol–water partition coefficient (Wildman–Crippen LogP) is 4.40. The van der Waals surface area contributed by atoms with Gasteiger partial charge in [0.15, 0.2) is 0 Å². The monoisotopic (exact) mass is 254 g/mol. The fraction of sp³-hybridized carbons (Fsp3) is 0.158. The topological polar surface area (TPSA) is 0 Å². The Morgan fingerprint density at radius 2 is 1.50 bits per heavy atom. The zero-order valence-corrected chi connectivity index (χ0v) is 11.8. The average molecular weight is 254 g/mol.